The molecule has 1 heteroatoms. The smallest absolute Gasteiger partial charge is 0.0289 e. The molecule has 76 valence electrons. The molecule has 0 heterocycles. The highest BCUT2D eigenvalue weighted by Gasteiger charge is 2.07. The lowest BCUT2D eigenvalue weighted by atomic mass is 9.96. The van der Waals surface area contributed by atoms with E-state index in [9.17, 15) is 0 Å². The summed E-state index contributed by atoms with van der Waals surface area (Å²) < 4.78 is 0. The maximum absolute atomic E-state index is 5.97. The Kier molecular flexibility index (Phi) is 3.48. The zero-order chi connectivity index (χ0) is 10.7. The van der Waals surface area contributed by atoms with Crippen molar-refractivity contribution in [2.75, 3.05) is 0 Å². The van der Waals surface area contributed by atoms with Gasteiger partial charge in [-0.1, -0.05) is 30.4 Å². The summed E-state index contributed by atoms with van der Waals surface area (Å²) in [5.41, 5.74) is 11.0. The minimum atomic E-state index is 0.0792. The lowest BCUT2D eigenvalue weighted by Gasteiger charge is -2.14. The van der Waals surface area contributed by atoms with Crippen molar-refractivity contribution < 1.29 is 0 Å². The van der Waals surface area contributed by atoms with Crippen molar-refractivity contribution in [2.45, 2.75) is 33.2 Å². The normalized spacial score (nSPS) is 12.6. The molecule has 1 nitrogen and oxygen atoms in total. The monoisotopic (exact) mass is 189 g/mol. The molecule has 14 heavy (non-hydrogen) atoms. The van der Waals surface area contributed by atoms with Crippen LogP contribution in [0.25, 0.3) is 0 Å². The topological polar surface area (TPSA) is 26.0 Å². The number of hydrogen-bond donors (Lipinski definition) is 1. The van der Waals surface area contributed by atoms with Gasteiger partial charge in [0, 0.05) is 6.04 Å². The fraction of sp³-hybridized carbons (Fsp3) is 0.385. The van der Waals surface area contributed by atoms with E-state index in [0.717, 1.165) is 12.0 Å². The van der Waals surface area contributed by atoms with Crippen LogP contribution < -0.4 is 5.73 Å². The van der Waals surface area contributed by atoms with E-state index in [-0.39, 0.29) is 6.04 Å². The molecular formula is C13H19N. The average Bonchev–Trinajstić information content (AvgIpc) is 2.12. The fourth-order valence-corrected chi connectivity index (χ4v) is 1.44. The molecular weight excluding hydrogens is 170 g/mol. The first kappa shape index (κ1) is 11.0. The van der Waals surface area contributed by atoms with Crippen LogP contribution in [0.15, 0.2) is 30.4 Å². The van der Waals surface area contributed by atoms with E-state index in [1.165, 1.54) is 16.7 Å². The summed E-state index contributed by atoms with van der Waals surface area (Å²) in [6.07, 6.45) is 0.892. The maximum atomic E-state index is 5.97. The van der Waals surface area contributed by atoms with Gasteiger partial charge in [-0.05, 0) is 43.9 Å². The first-order valence-electron chi connectivity index (χ1n) is 4.98. The molecule has 0 aliphatic carbocycles. The van der Waals surface area contributed by atoms with Gasteiger partial charge < -0.3 is 5.73 Å². The van der Waals surface area contributed by atoms with Gasteiger partial charge >= 0.3 is 0 Å². The molecule has 0 saturated heterocycles. The quantitative estimate of drug-likeness (QED) is 0.727. The average molecular weight is 189 g/mol. The van der Waals surface area contributed by atoms with Crippen LogP contribution in [0.3, 0.4) is 0 Å². The van der Waals surface area contributed by atoms with Crippen LogP contribution in [0, 0.1) is 13.8 Å². The molecule has 0 bridgehead atoms. The molecule has 2 N–H and O–H groups in total. The SMILES string of the molecule is C=C(C)C(N)Cc1cccc(C)c1C. The minimum Gasteiger partial charge on any atom is -0.324 e. The Hall–Kier alpha value is -1.08. The molecule has 0 spiro atoms. The van der Waals surface area contributed by atoms with Gasteiger partial charge in [-0.15, -0.1) is 0 Å². The Morgan fingerprint density at radius 1 is 1.43 bits per heavy atom. The number of nitrogens with two attached hydrogens (primary N) is 1. The highest BCUT2D eigenvalue weighted by molar-refractivity contribution is 5.34. The third kappa shape index (κ3) is 2.46. The summed E-state index contributed by atoms with van der Waals surface area (Å²) in [7, 11) is 0. The third-order valence-electron chi connectivity index (χ3n) is 2.79. The van der Waals surface area contributed by atoms with Crippen LogP contribution in [0.4, 0.5) is 0 Å². The second-order valence-corrected chi connectivity index (χ2v) is 4.02. The zero-order valence-electron chi connectivity index (χ0n) is 9.30. The fourth-order valence-electron chi connectivity index (χ4n) is 1.44. The number of benzene rings is 1. The maximum Gasteiger partial charge on any atom is 0.0289 e. The van der Waals surface area contributed by atoms with E-state index >= 15 is 0 Å². The minimum absolute atomic E-state index is 0.0792. The lowest BCUT2D eigenvalue weighted by Crippen LogP contribution is -2.24. The van der Waals surface area contributed by atoms with Gasteiger partial charge in [0.25, 0.3) is 0 Å². The number of hydrogen-bond acceptors (Lipinski definition) is 1. The van der Waals surface area contributed by atoms with Crippen LogP contribution in [0.1, 0.15) is 23.6 Å². The van der Waals surface area contributed by atoms with Crippen LogP contribution in [-0.4, -0.2) is 6.04 Å². The summed E-state index contributed by atoms with van der Waals surface area (Å²) in [6.45, 7) is 10.1. The molecule has 0 aromatic heterocycles. The van der Waals surface area contributed by atoms with Gasteiger partial charge in [-0.25, -0.2) is 0 Å². The van der Waals surface area contributed by atoms with Gasteiger partial charge in [0.1, 0.15) is 0 Å². The van der Waals surface area contributed by atoms with Gasteiger partial charge in [0.05, 0.1) is 0 Å². The van der Waals surface area contributed by atoms with Gasteiger partial charge in [-0.3, -0.25) is 0 Å². The Morgan fingerprint density at radius 2 is 2.07 bits per heavy atom. The van der Waals surface area contributed by atoms with Crippen LogP contribution in [-0.2, 0) is 6.42 Å². The van der Waals surface area contributed by atoms with Crippen molar-refractivity contribution in [2.24, 2.45) is 5.73 Å². The van der Waals surface area contributed by atoms with Crippen molar-refractivity contribution >= 4 is 0 Å². The Bertz CT molecular complexity index is 339. The highest BCUT2D eigenvalue weighted by atomic mass is 14.6. The number of aryl methyl sites for hydroxylation is 1. The predicted octanol–water partition coefficient (Wildman–Crippen LogP) is 2.75. The molecule has 0 aliphatic heterocycles. The first-order valence-corrected chi connectivity index (χ1v) is 4.98. The molecule has 1 atom stereocenters. The van der Waals surface area contributed by atoms with E-state index in [1.54, 1.807) is 0 Å². The first-order chi connectivity index (χ1) is 6.52. The standard InChI is InChI=1S/C13H19N/c1-9(2)13(14)8-12-7-5-6-10(3)11(12)4/h5-7,13H,1,8,14H2,2-4H3. The molecule has 0 amide bonds. The van der Waals surface area contributed by atoms with E-state index in [0.29, 0.717) is 0 Å². The highest BCUT2D eigenvalue weighted by Crippen LogP contribution is 2.15. The van der Waals surface area contributed by atoms with Gasteiger partial charge in [0.15, 0.2) is 0 Å². The summed E-state index contributed by atoms with van der Waals surface area (Å²) in [6, 6.07) is 6.44. The molecule has 0 aliphatic rings. The van der Waals surface area contributed by atoms with E-state index < -0.39 is 0 Å². The Morgan fingerprint density at radius 3 is 2.64 bits per heavy atom. The van der Waals surface area contributed by atoms with Crippen molar-refractivity contribution in [3.05, 3.63) is 47.0 Å². The number of rotatable bonds is 3. The summed E-state index contributed by atoms with van der Waals surface area (Å²) in [5, 5.41) is 0. The van der Waals surface area contributed by atoms with Crippen LogP contribution in [0.2, 0.25) is 0 Å². The molecule has 1 unspecified atom stereocenters. The van der Waals surface area contributed by atoms with Crippen molar-refractivity contribution in [1.29, 1.82) is 0 Å². The largest absolute Gasteiger partial charge is 0.324 e. The van der Waals surface area contributed by atoms with Crippen LogP contribution >= 0.6 is 0 Å². The lowest BCUT2D eigenvalue weighted by molar-refractivity contribution is 0.762. The summed E-state index contributed by atoms with van der Waals surface area (Å²) in [5.74, 6) is 0. The summed E-state index contributed by atoms with van der Waals surface area (Å²) in [4.78, 5) is 0. The molecule has 1 rings (SSSR count). The molecule has 0 fully saturated rings. The predicted molar refractivity (Wildman–Crippen MR) is 62.4 cm³/mol. The Balaban J connectivity index is 2.87. The zero-order valence-corrected chi connectivity index (χ0v) is 9.30. The van der Waals surface area contributed by atoms with Gasteiger partial charge in [0.2, 0.25) is 0 Å². The van der Waals surface area contributed by atoms with Crippen molar-refractivity contribution in [3.63, 3.8) is 0 Å². The van der Waals surface area contributed by atoms with Crippen molar-refractivity contribution in [1.82, 2.24) is 0 Å². The Labute approximate surface area is 86.6 Å². The van der Waals surface area contributed by atoms with E-state index in [2.05, 4.69) is 38.6 Å². The molecule has 1 aromatic rings. The van der Waals surface area contributed by atoms with E-state index in [4.69, 9.17) is 5.73 Å². The second kappa shape index (κ2) is 4.43. The molecule has 0 saturated carbocycles. The van der Waals surface area contributed by atoms with E-state index in [1.807, 2.05) is 6.92 Å². The van der Waals surface area contributed by atoms with Gasteiger partial charge in [-0.2, -0.15) is 0 Å². The second-order valence-electron chi connectivity index (χ2n) is 4.02. The summed E-state index contributed by atoms with van der Waals surface area (Å²) >= 11 is 0. The molecule has 0 radical (unpaired) electrons. The van der Waals surface area contributed by atoms with Crippen LogP contribution in [0.5, 0.6) is 0 Å². The third-order valence-corrected chi connectivity index (χ3v) is 2.79. The van der Waals surface area contributed by atoms with Crippen molar-refractivity contribution in [3.8, 4) is 0 Å². The molecule has 1 aromatic carbocycles.